The molecule has 1 N–H and O–H groups in total. The van der Waals surface area contributed by atoms with Gasteiger partial charge in [0, 0.05) is 25.8 Å². The Balaban J connectivity index is 1.51. The summed E-state index contributed by atoms with van der Waals surface area (Å²) in [6, 6.07) is 20.4. The van der Waals surface area contributed by atoms with Gasteiger partial charge in [-0.3, -0.25) is 4.79 Å². The zero-order valence-electron chi connectivity index (χ0n) is 15.5. The molecule has 0 unspecified atom stereocenters. The predicted molar refractivity (Wildman–Crippen MR) is 108 cm³/mol. The number of amides is 1. The molecule has 3 aromatic rings. The predicted octanol–water partition coefficient (Wildman–Crippen LogP) is 3.88. The molecule has 1 amide bonds. The van der Waals surface area contributed by atoms with E-state index in [1.807, 2.05) is 24.3 Å². The smallest absolute Gasteiger partial charge is 0.255 e. The monoisotopic (exact) mass is 357 g/mol. The van der Waals surface area contributed by atoms with Crippen molar-refractivity contribution in [3.8, 4) is 0 Å². The van der Waals surface area contributed by atoms with Crippen molar-refractivity contribution in [3.63, 3.8) is 0 Å². The molecular formula is C23H23N3O. The van der Waals surface area contributed by atoms with E-state index in [-0.39, 0.29) is 5.91 Å². The summed E-state index contributed by atoms with van der Waals surface area (Å²) in [5.41, 5.74) is 5.62. The number of hydrogen-bond donors (Lipinski definition) is 1. The van der Waals surface area contributed by atoms with Crippen LogP contribution in [0.2, 0.25) is 0 Å². The van der Waals surface area contributed by atoms with E-state index in [1.54, 1.807) is 6.20 Å². The van der Waals surface area contributed by atoms with Crippen LogP contribution in [0.1, 0.15) is 32.6 Å². The fraction of sp³-hybridized carbons (Fsp3) is 0.217. The molecule has 2 aromatic carbocycles. The van der Waals surface area contributed by atoms with E-state index in [2.05, 4.69) is 58.5 Å². The molecule has 4 nitrogen and oxygen atoms in total. The molecule has 0 radical (unpaired) electrons. The second-order valence-electron chi connectivity index (χ2n) is 6.98. The normalized spacial score (nSPS) is 13.1. The van der Waals surface area contributed by atoms with Crippen LogP contribution in [0.5, 0.6) is 0 Å². The molecule has 4 rings (SSSR count). The molecule has 1 aromatic heterocycles. The van der Waals surface area contributed by atoms with Gasteiger partial charge in [-0.05, 0) is 42.2 Å². The molecule has 1 aliphatic rings. The Kier molecular flexibility index (Phi) is 4.88. The van der Waals surface area contributed by atoms with Gasteiger partial charge in [-0.1, -0.05) is 54.1 Å². The number of carbonyl (C=O) groups excluding carboxylic acids is 1. The lowest BCUT2D eigenvalue weighted by Crippen LogP contribution is -2.33. The van der Waals surface area contributed by atoms with Crippen LogP contribution >= 0.6 is 0 Å². The second-order valence-corrected chi connectivity index (χ2v) is 6.98. The van der Waals surface area contributed by atoms with Crippen LogP contribution in [0.25, 0.3) is 0 Å². The van der Waals surface area contributed by atoms with Crippen LogP contribution in [0.4, 0.5) is 5.82 Å². The molecular weight excluding hydrogens is 334 g/mol. The summed E-state index contributed by atoms with van der Waals surface area (Å²) in [4.78, 5) is 19.5. The van der Waals surface area contributed by atoms with Crippen molar-refractivity contribution in [1.29, 1.82) is 0 Å². The molecule has 0 aliphatic carbocycles. The van der Waals surface area contributed by atoms with Gasteiger partial charge >= 0.3 is 0 Å². The van der Waals surface area contributed by atoms with Gasteiger partial charge < -0.3 is 10.2 Å². The summed E-state index contributed by atoms with van der Waals surface area (Å²) in [5.74, 6) is 0.672. The van der Waals surface area contributed by atoms with E-state index in [4.69, 9.17) is 0 Å². The molecule has 0 bridgehead atoms. The molecule has 1 aliphatic heterocycles. The van der Waals surface area contributed by atoms with Crippen LogP contribution in [0.3, 0.4) is 0 Å². The number of aryl methyl sites for hydroxylation is 1. The number of benzene rings is 2. The van der Waals surface area contributed by atoms with Crippen LogP contribution in [0, 0.1) is 6.92 Å². The van der Waals surface area contributed by atoms with Crippen molar-refractivity contribution >= 4 is 11.7 Å². The Morgan fingerprint density at radius 1 is 1.04 bits per heavy atom. The Morgan fingerprint density at radius 2 is 1.81 bits per heavy atom. The topological polar surface area (TPSA) is 45.2 Å². The average Bonchev–Trinajstić information content (AvgIpc) is 2.73. The van der Waals surface area contributed by atoms with Gasteiger partial charge in [0.1, 0.15) is 5.82 Å². The van der Waals surface area contributed by atoms with E-state index in [0.29, 0.717) is 12.1 Å². The quantitative estimate of drug-likeness (QED) is 0.771. The minimum absolute atomic E-state index is 0.0856. The van der Waals surface area contributed by atoms with E-state index in [1.165, 1.54) is 16.7 Å². The number of nitrogens with one attached hydrogen (secondary N) is 1. The van der Waals surface area contributed by atoms with Gasteiger partial charge in [0.15, 0.2) is 0 Å². The van der Waals surface area contributed by atoms with E-state index in [0.717, 1.165) is 30.9 Å². The highest BCUT2D eigenvalue weighted by molar-refractivity contribution is 5.98. The molecule has 0 atom stereocenters. The zero-order valence-corrected chi connectivity index (χ0v) is 15.5. The van der Waals surface area contributed by atoms with Crippen molar-refractivity contribution in [2.75, 3.05) is 11.4 Å². The third kappa shape index (κ3) is 3.85. The highest BCUT2D eigenvalue weighted by Gasteiger charge is 2.22. The summed E-state index contributed by atoms with van der Waals surface area (Å²) in [5, 5.41) is 3.03. The third-order valence-corrected chi connectivity index (χ3v) is 5.04. The second kappa shape index (κ2) is 7.62. The number of carbonyl (C=O) groups is 1. The summed E-state index contributed by atoms with van der Waals surface area (Å²) in [6.07, 6.45) is 2.73. The number of aromatic nitrogens is 1. The maximum Gasteiger partial charge on any atom is 0.255 e. The van der Waals surface area contributed by atoms with Crippen molar-refractivity contribution in [3.05, 3.63) is 94.7 Å². The Hall–Kier alpha value is -3.14. The van der Waals surface area contributed by atoms with E-state index < -0.39 is 0 Å². The summed E-state index contributed by atoms with van der Waals surface area (Å²) < 4.78 is 0. The van der Waals surface area contributed by atoms with Gasteiger partial charge in [0.05, 0.1) is 5.56 Å². The van der Waals surface area contributed by atoms with Crippen LogP contribution in [-0.4, -0.2) is 17.4 Å². The Morgan fingerprint density at radius 3 is 2.63 bits per heavy atom. The highest BCUT2D eigenvalue weighted by atomic mass is 16.1. The maximum absolute atomic E-state index is 12.8. The number of hydrogen-bond acceptors (Lipinski definition) is 3. The lowest BCUT2D eigenvalue weighted by atomic mass is 9.99. The first-order valence-corrected chi connectivity index (χ1v) is 9.31. The first-order valence-electron chi connectivity index (χ1n) is 9.31. The lowest BCUT2D eigenvalue weighted by Gasteiger charge is -2.30. The van der Waals surface area contributed by atoms with Gasteiger partial charge in [-0.15, -0.1) is 0 Å². The van der Waals surface area contributed by atoms with Gasteiger partial charge in [-0.2, -0.15) is 0 Å². The summed E-state index contributed by atoms with van der Waals surface area (Å²) >= 11 is 0. The van der Waals surface area contributed by atoms with Crippen molar-refractivity contribution in [2.45, 2.75) is 26.4 Å². The zero-order chi connectivity index (χ0) is 18.6. The first kappa shape index (κ1) is 17.3. The number of rotatable bonds is 4. The molecule has 2 heterocycles. The SMILES string of the molecule is Cc1ccc(CNC(=O)c2cccnc2N2CCc3ccccc3C2)cc1. The average molecular weight is 357 g/mol. The third-order valence-electron chi connectivity index (χ3n) is 5.04. The fourth-order valence-electron chi connectivity index (χ4n) is 3.49. The molecule has 4 heteroatoms. The minimum Gasteiger partial charge on any atom is -0.351 e. The molecule has 27 heavy (non-hydrogen) atoms. The van der Waals surface area contributed by atoms with Gasteiger partial charge in [-0.25, -0.2) is 4.98 Å². The fourth-order valence-corrected chi connectivity index (χ4v) is 3.49. The highest BCUT2D eigenvalue weighted by Crippen LogP contribution is 2.25. The molecule has 0 saturated heterocycles. The van der Waals surface area contributed by atoms with Crippen molar-refractivity contribution < 1.29 is 4.79 Å². The van der Waals surface area contributed by atoms with Gasteiger partial charge in [0.2, 0.25) is 0 Å². The maximum atomic E-state index is 12.8. The van der Waals surface area contributed by atoms with E-state index in [9.17, 15) is 4.79 Å². The van der Waals surface area contributed by atoms with Crippen LogP contribution in [0.15, 0.2) is 66.9 Å². The standard InChI is InChI=1S/C23H23N3O/c1-17-8-10-18(11-9-17)15-25-23(27)21-7-4-13-24-22(21)26-14-12-19-5-2-3-6-20(19)16-26/h2-11,13H,12,14-16H2,1H3,(H,25,27). The number of pyridine rings is 1. The Labute approximate surface area is 159 Å². The first-order chi connectivity index (χ1) is 13.2. The van der Waals surface area contributed by atoms with Crippen LogP contribution < -0.4 is 10.2 Å². The lowest BCUT2D eigenvalue weighted by molar-refractivity contribution is 0.0951. The summed E-state index contributed by atoms with van der Waals surface area (Å²) in [6.45, 7) is 4.22. The number of nitrogens with zero attached hydrogens (tertiary/aromatic N) is 2. The molecule has 0 fully saturated rings. The van der Waals surface area contributed by atoms with Crippen molar-refractivity contribution in [2.24, 2.45) is 0 Å². The molecule has 0 saturated carbocycles. The number of fused-ring (bicyclic) bond motifs is 1. The van der Waals surface area contributed by atoms with Gasteiger partial charge in [0.25, 0.3) is 5.91 Å². The molecule has 0 spiro atoms. The number of anilines is 1. The van der Waals surface area contributed by atoms with E-state index >= 15 is 0 Å². The van der Waals surface area contributed by atoms with Crippen molar-refractivity contribution in [1.82, 2.24) is 10.3 Å². The largest absolute Gasteiger partial charge is 0.351 e. The Bertz CT molecular complexity index is 950. The summed E-state index contributed by atoms with van der Waals surface area (Å²) in [7, 11) is 0. The molecule has 136 valence electrons. The minimum atomic E-state index is -0.0856. The van der Waals surface area contributed by atoms with Crippen LogP contribution in [-0.2, 0) is 19.5 Å².